The molecule has 0 aliphatic heterocycles. The van der Waals surface area contributed by atoms with Crippen LogP contribution in [0.25, 0.3) is 0 Å². The van der Waals surface area contributed by atoms with E-state index in [-0.39, 0.29) is 0 Å². The van der Waals surface area contributed by atoms with Crippen LogP contribution in [0.4, 0.5) is 0 Å². The van der Waals surface area contributed by atoms with Crippen molar-refractivity contribution >= 4 is 17.7 Å². The van der Waals surface area contributed by atoms with Crippen LogP contribution >= 0.6 is 11.8 Å². The van der Waals surface area contributed by atoms with Crippen LogP contribution in [0.15, 0.2) is 59.5 Å². The number of carbonyl (C=O) groups is 1. The Labute approximate surface area is 140 Å². The van der Waals surface area contributed by atoms with Gasteiger partial charge in [0.2, 0.25) is 0 Å². The average Bonchev–Trinajstić information content (AvgIpc) is 2.58. The van der Waals surface area contributed by atoms with E-state index in [1.165, 1.54) is 0 Å². The SMILES string of the molecule is O=C(O)c1ccccc1SCCCNCCOc1ccccc1. The number of ether oxygens (including phenoxy) is 1. The fraction of sp³-hybridized carbons (Fsp3) is 0.278. The molecule has 0 spiro atoms. The highest BCUT2D eigenvalue weighted by molar-refractivity contribution is 7.99. The monoisotopic (exact) mass is 331 g/mol. The molecule has 0 aromatic heterocycles. The molecule has 0 saturated heterocycles. The first-order valence-electron chi connectivity index (χ1n) is 7.61. The standard InChI is InChI=1S/C18H21NO3S/c20-18(21)16-9-4-5-10-17(16)23-14-6-11-19-12-13-22-15-7-2-1-3-8-15/h1-5,7-10,19H,6,11-14H2,(H,20,21). The molecule has 0 bridgehead atoms. The summed E-state index contributed by atoms with van der Waals surface area (Å²) >= 11 is 1.58. The van der Waals surface area contributed by atoms with Gasteiger partial charge in [-0.15, -0.1) is 11.8 Å². The van der Waals surface area contributed by atoms with Gasteiger partial charge in [0.25, 0.3) is 0 Å². The van der Waals surface area contributed by atoms with Crippen molar-refractivity contribution in [1.29, 1.82) is 0 Å². The molecular weight excluding hydrogens is 310 g/mol. The number of aromatic carboxylic acids is 1. The third-order valence-corrected chi connectivity index (χ3v) is 4.32. The Morgan fingerprint density at radius 2 is 1.78 bits per heavy atom. The van der Waals surface area contributed by atoms with Crippen LogP contribution in [0.1, 0.15) is 16.8 Å². The molecule has 23 heavy (non-hydrogen) atoms. The third-order valence-electron chi connectivity index (χ3n) is 3.16. The summed E-state index contributed by atoms with van der Waals surface area (Å²) in [4.78, 5) is 11.9. The minimum atomic E-state index is -0.871. The number of rotatable bonds is 10. The van der Waals surface area contributed by atoms with Gasteiger partial charge in [0.15, 0.2) is 0 Å². The van der Waals surface area contributed by atoms with E-state index in [9.17, 15) is 4.79 Å². The number of carboxylic acid groups (broad SMARTS) is 1. The summed E-state index contributed by atoms with van der Waals surface area (Å²) in [5, 5.41) is 12.4. The molecule has 5 heteroatoms. The number of thioether (sulfide) groups is 1. The van der Waals surface area contributed by atoms with E-state index in [0.29, 0.717) is 12.2 Å². The van der Waals surface area contributed by atoms with Crippen LogP contribution in [0.2, 0.25) is 0 Å². The first-order valence-corrected chi connectivity index (χ1v) is 8.59. The van der Waals surface area contributed by atoms with Gasteiger partial charge in [-0.25, -0.2) is 4.79 Å². The zero-order valence-electron chi connectivity index (χ0n) is 12.9. The van der Waals surface area contributed by atoms with Crippen molar-refractivity contribution in [3.8, 4) is 5.75 Å². The first kappa shape index (κ1) is 17.4. The van der Waals surface area contributed by atoms with Crippen LogP contribution in [0.3, 0.4) is 0 Å². The Hall–Kier alpha value is -1.98. The summed E-state index contributed by atoms with van der Waals surface area (Å²) in [7, 11) is 0. The van der Waals surface area contributed by atoms with Crippen molar-refractivity contribution < 1.29 is 14.6 Å². The van der Waals surface area contributed by atoms with Gasteiger partial charge in [-0.1, -0.05) is 30.3 Å². The third kappa shape index (κ3) is 6.34. The highest BCUT2D eigenvalue weighted by Gasteiger charge is 2.08. The Bertz CT molecular complexity index is 604. The van der Waals surface area contributed by atoms with Crippen molar-refractivity contribution in [3.05, 3.63) is 60.2 Å². The summed E-state index contributed by atoms with van der Waals surface area (Å²) in [5.41, 5.74) is 0.377. The summed E-state index contributed by atoms with van der Waals surface area (Å²) in [6.07, 6.45) is 0.976. The maximum Gasteiger partial charge on any atom is 0.336 e. The van der Waals surface area contributed by atoms with Crippen molar-refractivity contribution in [2.75, 3.05) is 25.4 Å². The van der Waals surface area contributed by atoms with E-state index in [1.807, 2.05) is 42.5 Å². The molecule has 0 aliphatic rings. The second kappa shape index (κ2) is 9.92. The zero-order valence-corrected chi connectivity index (χ0v) is 13.7. The smallest absolute Gasteiger partial charge is 0.336 e. The summed E-state index contributed by atoms with van der Waals surface area (Å²) in [5.74, 6) is 0.899. The van der Waals surface area contributed by atoms with Crippen LogP contribution in [0.5, 0.6) is 5.75 Å². The van der Waals surface area contributed by atoms with Crippen molar-refractivity contribution in [2.24, 2.45) is 0 Å². The topological polar surface area (TPSA) is 58.6 Å². The summed E-state index contributed by atoms with van der Waals surface area (Å²) in [6.45, 7) is 2.32. The number of nitrogens with one attached hydrogen (secondary N) is 1. The lowest BCUT2D eigenvalue weighted by atomic mass is 10.2. The van der Waals surface area contributed by atoms with E-state index < -0.39 is 5.97 Å². The average molecular weight is 331 g/mol. The Morgan fingerprint density at radius 1 is 1.04 bits per heavy atom. The van der Waals surface area contributed by atoms with E-state index in [1.54, 1.807) is 23.9 Å². The molecule has 2 N–H and O–H groups in total. The quantitative estimate of drug-likeness (QED) is 0.515. The number of hydrogen-bond donors (Lipinski definition) is 2. The maximum atomic E-state index is 11.1. The second-order valence-electron chi connectivity index (χ2n) is 4.91. The molecule has 2 aromatic carbocycles. The number of hydrogen-bond acceptors (Lipinski definition) is 4. The minimum Gasteiger partial charge on any atom is -0.492 e. The summed E-state index contributed by atoms with van der Waals surface area (Å²) < 4.78 is 5.59. The fourth-order valence-electron chi connectivity index (χ4n) is 2.03. The van der Waals surface area contributed by atoms with E-state index in [0.717, 1.165) is 35.9 Å². The van der Waals surface area contributed by atoms with Crippen LogP contribution in [-0.2, 0) is 0 Å². The van der Waals surface area contributed by atoms with Crippen molar-refractivity contribution in [2.45, 2.75) is 11.3 Å². The molecule has 0 atom stereocenters. The Morgan fingerprint density at radius 3 is 2.57 bits per heavy atom. The van der Waals surface area contributed by atoms with Crippen LogP contribution < -0.4 is 10.1 Å². The molecule has 0 saturated carbocycles. The van der Waals surface area contributed by atoms with Crippen molar-refractivity contribution in [1.82, 2.24) is 5.32 Å². The minimum absolute atomic E-state index is 0.377. The van der Waals surface area contributed by atoms with Crippen molar-refractivity contribution in [3.63, 3.8) is 0 Å². The molecule has 0 aliphatic carbocycles. The first-order chi connectivity index (χ1) is 11.3. The molecule has 4 nitrogen and oxygen atoms in total. The zero-order chi connectivity index (χ0) is 16.3. The second-order valence-corrected chi connectivity index (χ2v) is 6.05. The number of benzene rings is 2. The molecule has 2 rings (SSSR count). The highest BCUT2D eigenvalue weighted by atomic mass is 32.2. The Balaban J connectivity index is 1.55. The van der Waals surface area contributed by atoms with E-state index >= 15 is 0 Å². The lowest BCUT2D eigenvalue weighted by molar-refractivity contribution is 0.0693. The molecule has 122 valence electrons. The number of para-hydroxylation sites is 1. The van der Waals surface area contributed by atoms with Gasteiger partial charge in [-0.2, -0.15) is 0 Å². The predicted molar refractivity (Wildman–Crippen MR) is 93.5 cm³/mol. The van der Waals surface area contributed by atoms with Gasteiger partial charge in [0.05, 0.1) is 5.56 Å². The normalized spacial score (nSPS) is 10.4. The van der Waals surface area contributed by atoms with E-state index in [4.69, 9.17) is 9.84 Å². The molecule has 0 radical (unpaired) electrons. The van der Waals surface area contributed by atoms with Gasteiger partial charge >= 0.3 is 5.97 Å². The lowest BCUT2D eigenvalue weighted by Gasteiger charge is -2.08. The lowest BCUT2D eigenvalue weighted by Crippen LogP contribution is -2.22. The Kier molecular flexibility index (Phi) is 7.49. The molecule has 0 fully saturated rings. The largest absolute Gasteiger partial charge is 0.492 e. The van der Waals surface area contributed by atoms with Crippen LogP contribution in [-0.4, -0.2) is 36.5 Å². The fourth-order valence-corrected chi connectivity index (χ4v) is 3.03. The molecule has 0 amide bonds. The van der Waals surface area contributed by atoms with Gasteiger partial charge in [0.1, 0.15) is 12.4 Å². The maximum absolute atomic E-state index is 11.1. The van der Waals surface area contributed by atoms with Gasteiger partial charge in [-0.3, -0.25) is 0 Å². The van der Waals surface area contributed by atoms with Gasteiger partial charge in [-0.05, 0) is 43.0 Å². The van der Waals surface area contributed by atoms with Gasteiger partial charge in [0, 0.05) is 11.4 Å². The molecule has 2 aromatic rings. The molecule has 0 unspecified atom stereocenters. The number of carboxylic acids is 1. The van der Waals surface area contributed by atoms with Gasteiger partial charge < -0.3 is 15.2 Å². The molecular formula is C18H21NO3S. The highest BCUT2D eigenvalue weighted by Crippen LogP contribution is 2.23. The molecule has 0 heterocycles. The predicted octanol–water partition coefficient (Wildman–Crippen LogP) is 3.54. The summed E-state index contributed by atoms with van der Waals surface area (Å²) in [6, 6.07) is 16.9. The van der Waals surface area contributed by atoms with Crippen LogP contribution in [0, 0.1) is 0 Å². The van der Waals surface area contributed by atoms with E-state index in [2.05, 4.69) is 5.32 Å².